The zero-order chi connectivity index (χ0) is 31.3. The Kier molecular flexibility index (Phi) is 8.11. The van der Waals surface area contributed by atoms with Crippen molar-refractivity contribution in [2.75, 3.05) is 16.8 Å². The van der Waals surface area contributed by atoms with Gasteiger partial charge in [0.15, 0.2) is 6.61 Å². The van der Waals surface area contributed by atoms with Crippen LogP contribution >= 0.6 is 50.6 Å². The van der Waals surface area contributed by atoms with Crippen LogP contribution in [0.1, 0.15) is 21.9 Å². The van der Waals surface area contributed by atoms with Crippen LogP contribution < -0.4 is 19.8 Å². The second-order valence-corrected chi connectivity index (χ2v) is 13.4. The van der Waals surface area contributed by atoms with Crippen molar-refractivity contribution in [1.29, 1.82) is 0 Å². The maximum Gasteiger partial charge on any atom is 0.416 e. The van der Waals surface area contributed by atoms with Gasteiger partial charge in [-0.1, -0.05) is 56.7 Å². The van der Waals surface area contributed by atoms with Crippen LogP contribution in [0, 0.1) is 5.92 Å². The minimum atomic E-state index is -4.68. The van der Waals surface area contributed by atoms with Gasteiger partial charge in [-0.3, -0.25) is 19.2 Å². The van der Waals surface area contributed by atoms with E-state index in [0.717, 1.165) is 46.2 Å². The summed E-state index contributed by atoms with van der Waals surface area (Å²) in [5, 5.41) is 2.53. The molecule has 44 heavy (non-hydrogen) atoms. The van der Waals surface area contributed by atoms with Gasteiger partial charge >= 0.3 is 11.0 Å². The third-order valence-corrected chi connectivity index (χ3v) is 10.2. The molecular formula is C29H18BrClF3N3O5S2. The normalized spacial score (nSPS) is 19.5. The zero-order valence-electron chi connectivity index (χ0n) is 22.0. The van der Waals surface area contributed by atoms with Crippen LogP contribution in [-0.2, 0) is 20.6 Å². The number of amides is 3. The number of H-pyrrole nitrogens is 1. The smallest absolute Gasteiger partial charge is 0.416 e. The van der Waals surface area contributed by atoms with Gasteiger partial charge in [0, 0.05) is 31.5 Å². The Morgan fingerprint density at radius 3 is 2.52 bits per heavy atom. The number of hydrogen-bond donors (Lipinski definition) is 2. The molecule has 1 aromatic heterocycles. The maximum atomic E-state index is 14.0. The molecular weight excluding hydrogens is 707 g/mol. The standard InChI is InChI=1S/C29H18BrClF3N3O5S2/c30-14-4-9-19(42-12-20(38)35-16-7-5-15(31)6-8-16)18(11-14)21-22-24(43-25-23(21)44-28(41)36-25)27(40)37(26(22)39)17-3-1-2-13(10-17)29(32,33)34/h1-11,21-22,24H,12H2,(H,35,38)(H,36,41)/t21-,22-,24+/m0/s1. The number of anilines is 2. The van der Waals surface area contributed by atoms with Crippen molar-refractivity contribution in [2.24, 2.45) is 5.92 Å². The van der Waals surface area contributed by atoms with Gasteiger partial charge in [0.25, 0.3) is 5.91 Å². The summed E-state index contributed by atoms with van der Waals surface area (Å²) in [6, 6.07) is 15.4. The van der Waals surface area contributed by atoms with Crippen molar-refractivity contribution in [2.45, 2.75) is 22.4 Å². The van der Waals surface area contributed by atoms with Gasteiger partial charge in [0.2, 0.25) is 11.8 Å². The lowest BCUT2D eigenvalue weighted by Gasteiger charge is -2.31. The Morgan fingerprint density at radius 2 is 1.80 bits per heavy atom. The molecule has 1 fully saturated rings. The number of halogens is 5. The number of rotatable bonds is 6. The van der Waals surface area contributed by atoms with Crippen LogP contribution in [0.4, 0.5) is 24.5 Å². The van der Waals surface area contributed by atoms with E-state index in [4.69, 9.17) is 16.3 Å². The number of nitrogens with zero attached hydrogens (tertiary/aromatic N) is 1. The summed E-state index contributed by atoms with van der Waals surface area (Å²) in [6.45, 7) is -0.410. The zero-order valence-corrected chi connectivity index (χ0v) is 26.0. The highest BCUT2D eigenvalue weighted by molar-refractivity contribution is 9.10. The number of fused-ring (bicyclic) bond motifs is 2. The molecule has 0 aliphatic carbocycles. The fourth-order valence-corrected chi connectivity index (χ4v) is 8.21. The maximum absolute atomic E-state index is 14.0. The van der Waals surface area contributed by atoms with Gasteiger partial charge in [-0.2, -0.15) is 13.2 Å². The van der Waals surface area contributed by atoms with Crippen molar-refractivity contribution in [1.82, 2.24) is 4.98 Å². The van der Waals surface area contributed by atoms with Crippen LogP contribution in [0.3, 0.4) is 0 Å². The minimum Gasteiger partial charge on any atom is -0.483 e. The average molecular weight is 725 g/mol. The number of aromatic nitrogens is 1. The van der Waals surface area contributed by atoms with E-state index in [-0.39, 0.29) is 11.4 Å². The summed E-state index contributed by atoms with van der Waals surface area (Å²) >= 11 is 11.2. The molecule has 0 spiro atoms. The van der Waals surface area contributed by atoms with E-state index in [1.165, 1.54) is 6.07 Å². The van der Waals surface area contributed by atoms with Crippen LogP contribution in [0.15, 0.2) is 81.0 Å². The summed E-state index contributed by atoms with van der Waals surface area (Å²) in [6.07, 6.45) is -4.68. The molecule has 4 aromatic rings. The highest BCUT2D eigenvalue weighted by atomic mass is 79.9. The van der Waals surface area contributed by atoms with Crippen LogP contribution in [0.2, 0.25) is 5.02 Å². The third-order valence-electron chi connectivity index (χ3n) is 7.05. The monoisotopic (exact) mass is 723 g/mol. The second-order valence-electron chi connectivity index (χ2n) is 9.84. The second kappa shape index (κ2) is 11.7. The molecule has 3 amide bonds. The summed E-state index contributed by atoms with van der Waals surface area (Å²) < 4.78 is 46.9. The quantitative estimate of drug-likeness (QED) is 0.215. The molecule has 2 aliphatic heterocycles. The Balaban J connectivity index is 1.36. The molecule has 8 nitrogen and oxygen atoms in total. The van der Waals surface area contributed by atoms with Gasteiger partial charge in [-0.05, 0) is 60.7 Å². The number of thioether (sulfide) groups is 1. The van der Waals surface area contributed by atoms with Gasteiger partial charge in [-0.25, -0.2) is 4.90 Å². The number of imide groups is 1. The number of nitrogens with one attached hydrogen (secondary N) is 2. The summed E-state index contributed by atoms with van der Waals surface area (Å²) in [4.78, 5) is 56.4. The molecule has 2 aliphatic rings. The highest BCUT2D eigenvalue weighted by Gasteiger charge is 2.57. The fraction of sp³-hybridized carbons (Fsp3) is 0.172. The van der Waals surface area contributed by atoms with Crippen LogP contribution in [0.25, 0.3) is 0 Å². The summed E-state index contributed by atoms with van der Waals surface area (Å²) in [5.41, 5.74) is -0.294. The highest BCUT2D eigenvalue weighted by Crippen LogP contribution is 2.55. The Morgan fingerprint density at radius 1 is 1.05 bits per heavy atom. The van der Waals surface area contributed by atoms with E-state index in [0.29, 0.717) is 30.6 Å². The first-order chi connectivity index (χ1) is 20.9. The lowest BCUT2D eigenvalue weighted by molar-refractivity contribution is -0.137. The minimum absolute atomic E-state index is 0.204. The SMILES string of the molecule is O=C(COc1ccc(Br)cc1[C@@H]1c2sc(=O)[nH]c2S[C@H]2C(=O)N(c3cccc(C(F)(F)F)c3)C(=O)[C@@H]12)Nc1ccc(Cl)cc1. The van der Waals surface area contributed by atoms with Crippen molar-refractivity contribution in [3.05, 3.63) is 102 Å². The summed E-state index contributed by atoms with van der Waals surface area (Å²) in [7, 11) is 0. The predicted molar refractivity (Wildman–Crippen MR) is 164 cm³/mol. The van der Waals surface area contributed by atoms with Crippen molar-refractivity contribution in [3.8, 4) is 5.75 Å². The lowest BCUT2D eigenvalue weighted by Crippen LogP contribution is -2.32. The predicted octanol–water partition coefficient (Wildman–Crippen LogP) is 6.68. The Hall–Kier alpha value is -3.59. The molecule has 0 bridgehead atoms. The molecule has 3 atom stereocenters. The molecule has 1 saturated heterocycles. The lowest BCUT2D eigenvalue weighted by atomic mass is 9.82. The Labute approximate surface area is 268 Å². The molecule has 2 N–H and O–H groups in total. The van der Waals surface area contributed by atoms with Gasteiger partial charge in [0.1, 0.15) is 11.0 Å². The number of carbonyl (C=O) groups excluding carboxylic acids is 3. The van der Waals surface area contributed by atoms with E-state index < -0.39 is 58.0 Å². The first-order valence-electron chi connectivity index (χ1n) is 12.8. The first kappa shape index (κ1) is 30.4. The first-order valence-corrected chi connectivity index (χ1v) is 15.7. The van der Waals surface area contributed by atoms with Crippen molar-refractivity contribution < 1.29 is 32.3 Å². The average Bonchev–Trinajstić information content (AvgIpc) is 3.47. The molecule has 6 rings (SSSR count). The fourth-order valence-electron chi connectivity index (χ4n) is 5.20. The van der Waals surface area contributed by atoms with E-state index in [2.05, 4.69) is 26.2 Å². The molecule has 0 radical (unpaired) electrons. The number of benzene rings is 3. The topological polar surface area (TPSA) is 109 Å². The number of thiazole rings is 1. The van der Waals surface area contributed by atoms with E-state index in [1.807, 2.05) is 0 Å². The van der Waals surface area contributed by atoms with E-state index >= 15 is 0 Å². The van der Waals surface area contributed by atoms with Gasteiger partial charge in [0.05, 0.1) is 22.2 Å². The molecule has 3 aromatic carbocycles. The Bertz CT molecular complexity index is 1860. The van der Waals surface area contributed by atoms with E-state index in [9.17, 15) is 32.3 Å². The number of ether oxygens (including phenoxy) is 1. The van der Waals surface area contributed by atoms with Crippen LogP contribution in [-0.4, -0.2) is 34.6 Å². The largest absolute Gasteiger partial charge is 0.483 e. The summed E-state index contributed by atoms with van der Waals surface area (Å²) in [5.74, 6) is -3.64. The van der Waals surface area contributed by atoms with Gasteiger partial charge in [-0.15, -0.1) is 0 Å². The number of aromatic amines is 1. The van der Waals surface area contributed by atoms with Crippen molar-refractivity contribution >= 4 is 79.7 Å². The molecule has 3 heterocycles. The van der Waals surface area contributed by atoms with Crippen LogP contribution in [0.5, 0.6) is 5.75 Å². The van der Waals surface area contributed by atoms with Crippen molar-refractivity contribution in [3.63, 3.8) is 0 Å². The number of carbonyl (C=O) groups is 3. The molecule has 226 valence electrons. The van der Waals surface area contributed by atoms with E-state index in [1.54, 1.807) is 42.5 Å². The number of hydrogen-bond acceptors (Lipinski definition) is 7. The molecule has 15 heteroatoms. The third kappa shape index (κ3) is 5.78. The van der Waals surface area contributed by atoms with Gasteiger partial charge < -0.3 is 15.0 Å². The molecule has 0 saturated carbocycles. The molecule has 0 unspecified atom stereocenters. The number of alkyl halides is 3.